The van der Waals surface area contributed by atoms with E-state index in [1.54, 1.807) is 18.5 Å². The maximum Gasteiger partial charge on any atom is 0.331 e. The van der Waals surface area contributed by atoms with Crippen molar-refractivity contribution >= 4 is 49.2 Å². The molecule has 0 saturated heterocycles. The Bertz CT molecular complexity index is 1350. The van der Waals surface area contributed by atoms with Crippen LogP contribution in [0.1, 0.15) is 5.56 Å². The van der Waals surface area contributed by atoms with E-state index in [2.05, 4.69) is 26.4 Å². The van der Waals surface area contributed by atoms with Crippen molar-refractivity contribution in [2.24, 2.45) is 14.1 Å². The van der Waals surface area contributed by atoms with Gasteiger partial charge in [0.25, 0.3) is 5.56 Å². The lowest BCUT2D eigenvalue weighted by Gasteiger charge is -2.05. The monoisotopic (exact) mass is 474 g/mol. The van der Waals surface area contributed by atoms with E-state index in [0.717, 1.165) is 14.6 Å². The van der Waals surface area contributed by atoms with Crippen LogP contribution < -0.4 is 16.6 Å². The molecule has 4 rings (SSSR count). The second-order valence-corrected chi connectivity index (χ2v) is 8.23. The van der Waals surface area contributed by atoms with E-state index in [1.165, 1.54) is 23.0 Å². The maximum absolute atomic E-state index is 12.5. The molecule has 4 aromatic rings. The Morgan fingerprint density at radius 3 is 2.66 bits per heavy atom. The largest absolute Gasteiger partial charge is 0.354 e. The second-order valence-electron chi connectivity index (χ2n) is 6.46. The number of aromatic nitrogens is 3. The first-order valence-corrected chi connectivity index (χ1v) is 10.2. The fraction of sp³-hybridized carbons (Fsp3) is 0.158. The zero-order valence-corrected chi connectivity index (χ0v) is 17.8. The molecular weight excluding hydrogens is 460 g/mol. The summed E-state index contributed by atoms with van der Waals surface area (Å²) in [5, 5.41) is 8.66. The summed E-state index contributed by atoms with van der Waals surface area (Å²) in [5.41, 5.74) is 0.583. The first kappa shape index (κ1) is 19.3. The normalized spacial score (nSPS) is 11.1. The van der Waals surface area contributed by atoms with Crippen LogP contribution in [0.2, 0.25) is 0 Å². The summed E-state index contributed by atoms with van der Waals surface area (Å²) >= 11 is 4.63. The molecule has 0 atom stereocenters. The lowest BCUT2D eigenvalue weighted by molar-refractivity contribution is -0.115. The number of fused-ring (bicyclic) bond motifs is 1. The highest BCUT2D eigenvalue weighted by atomic mass is 79.9. The van der Waals surface area contributed by atoms with Gasteiger partial charge in [0.2, 0.25) is 5.91 Å². The predicted molar refractivity (Wildman–Crippen MR) is 114 cm³/mol. The van der Waals surface area contributed by atoms with Gasteiger partial charge in [0, 0.05) is 30.2 Å². The molecule has 0 fully saturated rings. The van der Waals surface area contributed by atoms with Crippen LogP contribution in [0.3, 0.4) is 0 Å². The summed E-state index contributed by atoms with van der Waals surface area (Å²) in [4.78, 5) is 37.6. The molecule has 0 saturated carbocycles. The molecule has 0 radical (unpaired) electrons. The molecule has 3 aromatic heterocycles. The number of hydrogen-bond acceptors (Lipinski definition) is 6. The maximum atomic E-state index is 12.5. The van der Waals surface area contributed by atoms with Crippen molar-refractivity contribution in [3.63, 3.8) is 0 Å². The third-order valence-corrected chi connectivity index (χ3v) is 6.13. The molecule has 3 heterocycles. The lowest BCUT2D eigenvalue weighted by Crippen LogP contribution is -2.36. The Labute approximate surface area is 176 Å². The van der Waals surface area contributed by atoms with Gasteiger partial charge < -0.3 is 9.84 Å². The topological polar surface area (TPSA) is 99.1 Å². The molecule has 0 aliphatic rings. The molecule has 1 amide bonds. The number of halogens is 1. The molecule has 148 valence electrons. The number of rotatable bonds is 4. The summed E-state index contributed by atoms with van der Waals surface area (Å²) in [6, 6.07) is 9.13. The molecular formula is C19H15BrN4O4S. The second kappa shape index (κ2) is 7.45. The van der Waals surface area contributed by atoms with E-state index in [1.807, 2.05) is 24.3 Å². The number of amides is 1. The number of benzene rings is 1. The lowest BCUT2D eigenvalue weighted by atomic mass is 10.1. The van der Waals surface area contributed by atoms with E-state index < -0.39 is 11.2 Å². The van der Waals surface area contributed by atoms with Crippen LogP contribution in [0.5, 0.6) is 0 Å². The molecule has 10 heteroatoms. The number of nitrogens with zero attached hydrogens (tertiary/aromatic N) is 3. The number of thiophene rings is 1. The highest BCUT2D eigenvalue weighted by Crippen LogP contribution is 2.25. The summed E-state index contributed by atoms with van der Waals surface area (Å²) in [5.74, 6) is 0.474. The van der Waals surface area contributed by atoms with Gasteiger partial charge in [0.15, 0.2) is 11.6 Å². The molecule has 29 heavy (non-hydrogen) atoms. The highest BCUT2D eigenvalue weighted by molar-refractivity contribution is 9.10. The molecule has 0 aliphatic carbocycles. The standard InChI is InChI=1S/C19H15BrN4O4S/c1-23-17(26)16-11(9-29-18(16)24(2)19(23)27)7-15(25)21-14-8-13(28-22-14)10-3-5-12(20)6-4-10/h3-6,8-9H,7H2,1-2H3,(H,21,22,25). The van der Waals surface area contributed by atoms with Crippen molar-refractivity contribution in [2.45, 2.75) is 6.42 Å². The summed E-state index contributed by atoms with van der Waals surface area (Å²) in [7, 11) is 3.02. The van der Waals surface area contributed by atoms with Crippen LogP contribution in [0, 0.1) is 0 Å². The van der Waals surface area contributed by atoms with Crippen molar-refractivity contribution in [3.05, 3.63) is 66.6 Å². The van der Waals surface area contributed by atoms with Gasteiger partial charge in [-0.1, -0.05) is 33.2 Å². The molecule has 0 bridgehead atoms. The van der Waals surface area contributed by atoms with Gasteiger partial charge in [-0.05, 0) is 23.1 Å². The highest BCUT2D eigenvalue weighted by Gasteiger charge is 2.17. The fourth-order valence-electron chi connectivity index (χ4n) is 3.00. The minimum Gasteiger partial charge on any atom is -0.354 e. The Balaban J connectivity index is 1.56. The van der Waals surface area contributed by atoms with Crippen molar-refractivity contribution < 1.29 is 9.32 Å². The third-order valence-electron chi connectivity index (χ3n) is 4.50. The van der Waals surface area contributed by atoms with Crippen LogP contribution in [-0.4, -0.2) is 20.2 Å². The summed E-state index contributed by atoms with van der Waals surface area (Å²) < 4.78 is 8.68. The molecule has 0 aliphatic heterocycles. The van der Waals surface area contributed by atoms with E-state index in [4.69, 9.17) is 4.52 Å². The van der Waals surface area contributed by atoms with E-state index >= 15 is 0 Å². The zero-order chi connectivity index (χ0) is 20.7. The molecule has 1 aromatic carbocycles. The predicted octanol–water partition coefficient (Wildman–Crippen LogP) is 2.90. The summed E-state index contributed by atoms with van der Waals surface area (Å²) in [6.07, 6.45) is -0.0199. The number of carbonyl (C=O) groups excluding carboxylic acids is 1. The molecule has 1 N–H and O–H groups in total. The average molecular weight is 475 g/mol. The van der Waals surface area contributed by atoms with Crippen molar-refractivity contribution in [3.8, 4) is 11.3 Å². The van der Waals surface area contributed by atoms with Gasteiger partial charge in [0.1, 0.15) is 4.83 Å². The van der Waals surface area contributed by atoms with Gasteiger partial charge in [0.05, 0.1) is 11.8 Å². The summed E-state index contributed by atoms with van der Waals surface area (Å²) in [6.45, 7) is 0. The van der Waals surface area contributed by atoms with E-state index in [9.17, 15) is 14.4 Å². The Morgan fingerprint density at radius 2 is 1.93 bits per heavy atom. The van der Waals surface area contributed by atoms with Crippen LogP contribution in [0.15, 0.2) is 54.3 Å². The Morgan fingerprint density at radius 1 is 1.21 bits per heavy atom. The number of carbonyl (C=O) groups is 1. The molecule has 8 nitrogen and oxygen atoms in total. The third kappa shape index (κ3) is 3.56. The van der Waals surface area contributed by atoms with Crippen molar-refractivity contribution in [1.29, 1.82) is 0 Å². The van der Waals surface area contributed by atoms with E-state index in [-0.39, 0.29) is 18.1 Å². The van der Waals surface area contributed by atoms with Gasteiger partial charge >= 0.3 is 5.69 Å². The minimum atomic E-state index is -0.411. The van der Waals surface area contributed by atoms with Gasteiger partial charge in [-0.3, -0.25) is 18.7 Å². The van der Waals surface area contributed by atoms with Gasteiger partial charge in [-0.15, -0.1) is 11.3 Å². The smallest absolute Gasteiger partial charge is 0.331 e. The van der Waals surface area contributed by atoms with Crippen LogP contribution in [-0.2, 0) is 25.3 Å². The van der Waals surface area contributed by atoms with Gasteiger partial charge in [-0.25, -0.2) is 4.79 Å². The van der Waals surface area contributed by atoms with E-state index in [0.29, 0.717) is 21.5 Å². The number of anilines is 1. The first-order chi connectivity index (χ1) is 13.8. The zero-order valence-electron chi connectivity index (χ0n) is 15.4. The average Bonchev–Trinajstić information content (AvgIpc) is 3.32. The first-order valence-electron chi connectivity index (χ1n) is 8.53. The number of hydrogen-bond donors (Lipinski definition) is 1. The van der Waals surface area contributed by atoms with Crippen LogP contribution in [0.25, 0.3) is 21.5 Å². The Kier molecular flexibility index (Phi) is 4.97. The molecule has 0 spiro atoms. The van der Waals surface area contributed by atoms with Gasteiger partial charge in [-0.2, -0.15) is 0 Å². The Hall–Kier alpha value is -2.98. The van der Waals surface area contributed by atoms with Crippen LogP contribution >= 0.6 is 27.3 Å². The van der Waals surface area contributed by atoms with Crippen molar-refractivity contribution in [1.82, 2.24) is 14.3 Å². The quantitative estimate of drug-likeness (QED) is 0.490. The number of nitrogens with one attached hydrogen (secondary N) is 1. The van der Waals surface area contributed by atoms with Crippen molar-refractivity contribution in [2.75, 3.05) is 5.32 Å². The van der Waals surface area contributed by atoms with Crippen LogP contribution in [0.4, 0.5) is 5.82 Å². The number of aryl methyl sites for hydroxylation is 1. The SMILES string of the molecule is Cn1c(=O)c2c(CC(=O)Nc3cc(-c4ccc(Br)cc4)on3)csc2n(C)c1=O. The minimum absolute atomic E-state index is 0.0199. The fourth-order valence-corrected chi connectivity index (χ4v) is 4.29. The molecule has 0 unspecified atom stereocenters.